The highest BCUT2D eigenvalue weighted by Crippen LogP contribution is 2.29. The van der Waals surface area contributed by atoms with Crippen LogP contribution in [-0.4, -0.2) is 32.1 Å². The van der Waals surface area contributed by atoms with Gasteiger partial charge in [0.1, 0.15) is 5.75 Å². The number of hydrogen-bond acceptors (Lipinski definition) is 5. The average molecular weight is 451 g/mol. The highest BCUT2D eigenvalue weighted by molar-refractivity contribution is 9.10. The van der Waals surface area contributed by atoms with Gasteiger partial charge in [0.25, 0.3) is 11.8 Å². The quantitative estimate of drug-likeness (QED) is 0.603. The molecule has 2 aromatic carbocycles. The molecule has 0 saturated carbocycles. The Bertz CT molecular complexity index is 826. The number of methoxy groups -OCH3 is 1. The van der Waals surface area contributed by atoms with E-state index in [0.29, 0.717) is 23.2 Å². The van der Waals surface area contributed by atoms with E-state index in [0.717, 1.165) is 10.0 Å². The van der Waals surface area contributed by atoms with Gasteiger partial charge in [-0.3, -0.25) is 20.4 Å². The predicted molar refractivity (Wildman–Crippen MR) is 109 cm³/mol. The molecule has 150 valence electrons. The zero-order valence-corrected chi connectivity index (χ0v) is 17.5. The Labute approximate surface area is 172 Å². The molecule has 0 aliphatic heterocycles. The minimum absolute atomic E-state index is 0.243. The van der Waals surface area contributed by atoms with Crippen molar-refractivity contribution in [3.05, 3.63) is 52.5 Å². The number of carbonyl (C=O) groups excluding carboxylic acids is 2. The van der Waals surface area contributed by atoms with Crippen molar-refractivity contribution in [1.29, 1.82) is 0 Å². The summed E-state index contributed by atoms with van der Waals surface area (Å²) in [5, 5.41) is 0. The molecule has 0 aliphatic rings. The topological polar surface area (TPSA) is 85.9 Å². The number of benzene rings is 2. The van der Waals surface area contributed by atoms with Crippen molar-refractivity contribution in [1.82, 2.24) is 10.9 Å². The summed E-state index contributed by atoms with van der Waals surface area (Å²) in [6, 6.07) is 12.7. The van der Waals surface area contributed by atoms with Gasteiger partial charge in [0.2, 0.25) is 0 Å². The van der Waals surface area contributed by atoms with Crippen LogP contribution in [0.25, 0.3) is 0 Å². The molecule has 0 unspecified atom stereocenters. The summed E-state index contributed by atoms with van der Waals surface area (Å²) in [6.45, 7) is 3.67. The maximum atomic E-state index is 11.9. The van der Waals surface area contributed by atoms with E-state index in [1.165, 1.54) is 7.11 Å². The Hall–Kier alpha value is -2.74. The molecule has 0 spiro atoms. The molecule has 2 aromatic rings. The SMILES string of the molecule is COc1ccccc1OCC(=O)NNC(=O)COc1ccc(C(C)C)cc1Br. The van der Waals surface area contributed by atoms with Crippen LogP contribution < -0.4 is 25.1 Å². The molecule has 0 radical (unpaired) electrons. The fourth-order valence-electron chi connectivity index (χ4n) is 2.23. The van der Waals surface area contributed by atoms with E-state index >= 15 is 0 Å². The van der Waals surface area contributed by atoms with Crippen LogP contribution in [0, 0.1) is 0 Å². The monoisotopic (exact) mass is 450 g/mol. The van der Waals surface area contributed by atoms with Gasteiger partial charge in [-0.15, -0.1) is 0 Å². The molecule has 2 amide bonds. The van der Waals surface area contributed by atoms with Gasteiger partial charge in [-0.1, -0.05) is 32.0 Å². The third-order valence-corrected chi connectivity index (χ3v) is 4.37. The largest absolute Gasteiger partial charge is 0.493 e. The van der Waals surface area contributed by atoms with E-state index < -0.39 is 11.8 Å². The molecule has 2 N–H and O–H groups in total. The van der Waals surface area contributed by atoms with E-state index in [1.54, 1.807) is 30.3 Å². The van der Waals surface area contributed by atoms with Gasteiger partial charge in [-0.2, -0.15) is 0 Å². The van der Waals surface area contributed by atoms with Crippen LogP contribution in [-0.2, 0) is 9.59 Å². The molecular formula is C20H23BrN2O5. The van der Waals surface area contributed by atoms with Crippen LogP contribution in [0.4, 0.5) is 0 Å². The summed E-state index contributed by atoms with van der Waals surface area (Å²) in [6.07, 6.45) is 0. The van der Waals surface area contributed by atoms with Crippen molar-refractivity contribution in [3.8, 4) is 17.2 Å². The molecule has 8 heteroatoms. The Morgan fingerprint density at radius 3 is 2.04 bits per heavy atom. The molecule has 2 rings (SSSR count). The number of carbonyl (C=O) groups is 2. The lowest BCUT2D eigenvalue weighted by Crippen LogP contribution is -2.45. The first-order chi connectivity index (χ1) is 13.4. The number of para-hydroxylation sites is 2. The minimum atomic E-state index is -0.512. The molecule has 0 aliphatic carbocycles. The second-order valence-electron chi connectivity index (χ2n) is 6.17. The molecule has 0 fully saturated rings. The minimum Gasteiger partial charge on any atom is -0.493 e. The van der Waals surface area contributed by atoms with E-state index in [-0.39, 0.29) is 13.2 Å². The number of hydrazine groups is 1. The van der Waals surface area contributed by atoms with Crippen LogP contribution in [0.5, 0.6) is 17.2 Å². The van der Waals surface area contributed by atoms with Crippen molar-refractivity contribution >= 4 is 27.7 Å². The zero-order chi connectivity index (χ0) is 20.5. The highest BCUT2D eigenvalue weighted by atomic mass is 79.9. The molecular weight excluding hydrogens is 428 g/mol. The molecule has 28 heavy (non-hydrogen) atoms. The summed E-state index contributed by atoms with van der Waals surface area (Å²) in [5.74, 6) is 0.880. The average Bonchev–Trinajstić information content (AvgIpc) is 2.69. The van der Waals surface area contributed by atoms with E-state index in [9.17, 15) is 9.59 Å². The van der Waals surface area contributed by atoms with Crippen LogP contribution in [0.1, 0.15) is 25.3 Å². The second kappa shape index (κ2) is 10.6. The van der Waals surface area contributed by atoms with Gasteiger partial charge in [0.05, 0.1) is 11.6 Å². The molecule has 7 nitrogen and oxygen atoms in total. The first-order valence-electron chi connectivity index (χ1n) is 8.66. The van der Waals surface area contributed by atoms with Gasteiger partial charge < -0.3 is 14.2 Å². The fourth-order valence-corrected chi connectivity index (χ4v) is 2.74. The Morgan fingerprint density at radius 1 is 0.929 bits per heavy atom. The summed E-state index contributed by atoms with van der Waals surface area (Å²) in [7, 11) is 1.51. The first kappa shape index (κ1) is 21.6. The Morgan fingerprint density at radius 2 is 1.50 bits per heavy atom. The van der Waals surface area contributed by atoms with E-state index in [4.69, 9.17) is 14.2 Å². The maximum absolute atomic E-state index is 11.9. The number of amides is 2. The summed E-state index contributed by atoms with van der Waals surface area (Å²) < 4.78 is 16.7. The van der Waals surface area contributed by atoms with Gasteiger partial charge >= 0.3 is 0 Å². The van der Waals surface area contributed by atoms with Crippen molar-refractivity contribution in [2.24, 2.45) is 0 Å². The lowest BCUT2D eigenvalue weighted by atomic mass is 10.0. The normalized spacial score (nSPS) is 10.3. The predicted octanol–water partition coefficient (Wildman–Crippen LogP) is 3.19. The molecule has 0 saturated heterocycles. The third-order valence-electron chi connectivity index (χ3n) is 3.75. The lowest BCUT2D eigenvalue weighted by molar-refractivity contribution is -0.131. The number of nitrogens with one attached hydrogen (secondary N) is 2. The Balaban J connectivity index is 1.74. The van der Waals surface area contributed by atoms with E-state index in [1.807, 2.05) is 12.1 Å². The third kappa shape index (κ3) is 6.45. The zero-order valence-electron chi connectivity index (χ0n) is 16.0. The molecule has 0 aromatic heterocycles. The van der Waals surface area contributed by atoms with Crippen molar-refractivity contribution < 1.29 is 23.8 Å². The number of ether oxygens (including phenoxy) is 3. The summed E-state index contributed by atoms with van der Waals surface area (Å²) >= 11 is 3.43. The van der Waals surface area contributed by atoms with Gasteiger partial charge in [0, 0.05) is 0 Å². The summed E-state index contributed by atoms with van der Waals surface area (Å²) in [5.41, 5.74) is 5.70. The number of hydrogen-bond donors (Lipinski definition) is 2. The van der Waals surface area contributed by atoms with Gasteiger partial charge in [0.15, 0.2) is 24.7 Å². The molecule has 0 heterocycles. The number of halogens is 1. The summed E-state index contributed by atoms with van der Waals surface area (Å²) in [4.78, 5) is 23.7. The van der Waals surface area contributed by atoms with Gasteiger partial charge in [-0.05, 0) is 51.7 Å². The smallest absolute Gasteiger partial charge is 0.276 e. The van der Waals surface area contributed by atoms with Crippen LogP contribution in [0.2, 0.25) is 0 Å². The lowest BCUT2D eigenvalue weighted by Gasteiger charge is -2.12. The van der Waals surface area contributed by atoms with Crippen LogP contribution >= 0.6 is 15.9 Å². The van der Waals surface area contributed by atoms with E-state index in [2.05, 4.69) is 40.6 Å². The van der Waals surface area contributed by atoms with Crippen molar-refractivity contribution in [3.63, 3.8) is 0 Å². The first-order valence-corrected chi connectivity index (χ1v) is 9.45. The fraction of sp³-hybridized carbons (Fsp3) is 0.300. The number of rotatable bonds is 8. The highest BCUT2D eigenvalue weighted by Gasteiger charge is 2.10. The van der Waals surface area contributed by atoms with Crippen molar-refractivity contribution in [2.75, 3.05) is 20.3 Å². The second-order valence-corrected chi connectivity index (χ2v) is 7.02. The molecule has 0 bridgehead atoms. The van der Waals surface area contributed by atoms with Gasteiger partial charge in [-0.25, -0.2) is 0 Å². The Kier molecular flexibility index (Phi) is 8.13. The van der Waals surface area contributed by atoms with Crippen LogP contribution in [0.15, 0.2) is 46.9 Å². The van der Waals surface area contributed by atoms with Crippen LogP contribution in [0.3, 0.4) is 0 Å². The maximum Gasteiger partial charge on any atom is 0.276 e. The molecule has 0 atom stereocenters. The standard InChI is InChI=1S/C20H23BrN2O5/c1-13(2)14-8-9-16(15(21)10-14)27-11-19(24)22-23-20(25)12-28-18-7-5-4-6-17(18)26-3/h4-10,13H,11-12H2,1-3H3,(H,22,24)(H,23,25). The van der Waals surface area contributed by atoms with Crippen molar-refractivity contribution in [2.45, 2.75) is 19.8 Å².